The van der Waals surface area contributed by atoms with Crippen LogP contribution < -0.4 is 0 Å². The van der Waals surface area contributed by atoms with Crippen molar-refractivity contribution in [3.8, 4) is 0 Å². The maximum atomic E-state index is 13.6. The molecule has 0 amide bonds. The van der Waals surface area contributed by atoms with Gasteiger partial charge >= 0.3 is 0 Å². The van der Waals surface area contributed by atoms with E-state index in [-0.39, 0.29) is 5.82 Å². The van der Waals surface area contributed by atoms with Crippen LogP contribution in [0.15, 0.2) is 10.8 Å². The standard InChI is InChI=1S/C11H11FS/c1-6-7(2)11(12)8(3)10-5-13-4-9(6)10/h4-5H,1-3H3. The molecule has 0 radical (unpaired) electrons. The van der Waals surface area contributed by atoms with Crippen molar-refractivity contribution in [1.29, 1.82) is 0 Å². The van der Waals surface area contributed by atoms with E-state index < -0.39 is 0 Å². The predicted octanol–water partition coefficient (Wildman–Crippen LogP) is 3.97. The van der Waals surface area contributed by atoms with Crippen LogP contribution in [0.4, 0.5) is 4.39 Å². The van der Waals surface area contributed by atoms with Gasteiger partial charge in [0.25, 0.3) is 0 Å². The SMILES string of the molecule is Cc1c(F)c(C)c2cscc2c1C. The zero-order valence-electron chi connectivity index (χ0n) is 7.94. The van der Waals surface area contributed by atoms with E-state index in [9.17, 15) is 4.39 Å². The minimum atomic E-state index is -0.0524. The summed E-state index contributed by atoms with van der Waals surface area (Å²) in [5.74, 6) is -0.0524. The van der Waals surface area contributed by atoms with Crippen molar-refractivity contribution < 1.29 is 4.39 Å². The Labute approximate surface area is 81.0 Å². The first-order chi connectivity index (χ1) is 6.13. The summed E-state index contributed by atoms with van der Waals surface area (Å²) in [5.41, 5.74) is 2.63. The molecule has 0 aliphatic heterocycles. The minimum absolute atomic E-state index is 0.0524. The molecule has 0 saturated heterocycles. The molecule has 2 aromatic rings. The third kappa shape index (κ3) is 1.09. The number of halogens is 1. The molecule has 0 saturated carbocycles. The maximum Gasteiger partial charge on any atom is 0.129 e. The number of fused-ring (bicyclic) bond motifs is 1. The molecule has 1 heterocycles. The smallest absolute Gasteiger partial charge is 0.129 e. The van der Waals surface area contributed by atoms with Crippen LogP contribution in [0.25, 0.3) is 10.8 Å². The Kier molecular flexibility index (Phi) is 1.88. The third-order valence-corrected chi connectivity index (χ3v) is 3.43. The van der Waals surface area contributed by atoms with E-state index in [1.54, 1.807) is 11.3 Å². The zero-order valence-corrected chi connectivity index (χ0v) is 8.76. The van der Waals surface area contributed by atoms with Crippen LogP contribution in [-0.2, 0) is 0 Å². The Bertz CT molecular complexity index is 426. The summed E-state index contributed by atoms with van der Waals surface area (Å²) >= 11 is 1.63. The third-order valence-electron chi connectivity index (χ3n) is 2.69. The molecule has 1 aromatic heterocycles. The molecule has 0 atom stereocenters. The van der Waals surface area contributed by atoms with Gasteiger partial charge < -0.3 is 0 Å². The first-order valence-electron chi connectivity index (χ1n) is 4.24. The number of thiophene rings is 1. The van der Waals surface area contributed by atoms with Crippen molar-refractivity contribution in [2.24, 2.45) is 0 Å². The van der Waals surface area contributed by atoms with Crippen LogP contribution in [-0.4, -0.2) is 0 Å². The van der Waals surface area contributed by atoms with Gasteiger partial charge in [-0.2, -0.15) is 11.3 Å². The van der Waals surface area contributed by atoms with Gasteiger partial charge in [0.05, 0.1) is 0 Å². The second-order valence-electron chi connectivity index (χ2n) is 3.39. The highest BCUT2D eigenvalue weighted by atomic mass is 32.1. The molecular formula is C11H11FS. The van der Waals surface area contributed by atoms with Crippen molar-refractivity contribution in [3.63, 3.8) is 0 Å². The van der Waals surface area contributed by atoms with Crippen LogP contribution in [0.3, 0.4) is 0 Å². The first-order valence-corrected chi connectivity index (χ1v) is 5.18. The molecule has 0 nitrogen and oxygen atoms in total. The molecule has 0 aliphatic carbocycles. The largest absolute Gasteiger partial charge is 0.206 e. The van der Waals surface area contributed by atoms with E-state index in [0.717, 1.165) is 22.1 Å². The molecule has 0 spiro atoms. The van der Waals surface area contributed by atoms with Gasteiger partial charge in [0.1, 0.15) is 5.82 Å². The van der Waals surface area contributed by atoms with E-state index in [2.05, 4.69) is 5.38 Å². The van der Waals surface area contributed by atoms with Gasteiger partial charge in [-0.25, -0.2) is 4.39 Å². The summed E-state index contributed by atoms with van der Waals surface area (Å²) in [6, 6.07) is 0. The summed E-state index contributed by atoms with van der Waals surface area (Å²) in [6.45, 7) is 5.67. The summed E-state index contributed by atoms with van der Waals surface area (Å²) in [6.07, 6.45) is 0. The molecular weight excluding hydrogens is 183 g/mol. The molecule has 0 fully saturated rings. The number of rotatable bonds is 0. The molecule has 2 heteroatoms. The average molecular weight is 194 g/mol. The van der Waals surface area contributed by atoms with Crippen LogP contribution in [0.2, 0.25) is 0 Å². The molecule has 0 aliphatic rings. The fourth-order valence-corrected chi connectivity index (χ4v) is 2.59. The number of hydrogen-bond acceptors (Lipinski definition) is 1. The normalized spacial score (nSPS) is 11.1. The lowest BCUT2D eigenvalue weighted by atomic mass is 9.99. The fraction of sp³-hybridized carbons (Fsp3) is 0.273. The van der Waals surface area contributed by atoms with Crippen molar-refractivity contribution in [3.05, 3.63) is 33.3 Å². The van der Waals surface area contributed by atoms with Gasteiger partial charge in [-0.1, -0.05) is 0 Å². The van der Waals surface area contributed by atoms with Gasteiger partial charge in [0.15, 0.2) is 0 Å². The highest BCUT2D eigenvalue weighted by Gasteiger charge is 2.11. The summed E-state index contributed by atoms with van der Waals surface area (Å²) in [7, 11) is 0. The highest BCUT2D eigenvalue weighted by molar-refractivity contribution is 7.09. The van der Waals surface area contributed by atoms with Crippen molar-refractivity contribution in [2.45, 2.75) is 20.8 Å². The summed E-state index contributed by atoms with van der Waals surface area (Å²) in [5, 5.41) is 6.36. The number of benzene rings is 1. The van der Waals surface area contributed by atoms with Gasteiger partial charge in [-0.05, 0) is 59.0 Å². The number of aryl methyl sites for hydroxylation is 2. The summed E-state index contributed by atoms with van der Waals surface area (Å²) < 4.78 is 13.6. The Balaban J connectivity index is 3.02. The lowest BCUT2D eigenvalue weighted by Gasteiger charge is -2.07. The monoisotopic (exact) mass is 194 g/mol. The lowest BCUT2D eigenvalue weighted by molar-refractivity contribution is 0.610. The van der Waals surface area contributed by atoms with Gasteiger partial charge in [0.2, 0.25) is 0 Å². The van der Waals surface area contributed by atoms with E-state index >= 15 is 0 Å². The van der Waals surface area contributed by atoms with Gasteiger partial charge in [-0.15, -0.1) is 0 Å². The van der Waals surface area contributed by atoms with Crippen LogP contribution >= 0.6 is 11.3 Å². The topological polar surface area (TPSA) is 0 Å². The Morgan fingerprint density at radius 1 is 0.923 bits per heavy atom. The fourth-order valence-electron chi connectivity index (χ4n) is 1.64. The molecule has 2 rings (SSSR count). The van der Waals surface area contributed by atoms with E-state index in [4.69, 9.17) is 0 Å². The predicted molar refractivity (Wildman–Crippen MR) is 56.0 cm³/mol. The molecule has 68 valence electrons. The van der Waals surface area contributed by atoms with Crippen LogP contribution in [0.5, 0.6) is 0 Å². The number of hydrogen-bond donors (Lipinski definition) is 0. The second-order valence-corrected chi connectivity index (χ2v) is 4.13. The van der Waals surface area contributed by atoms with Gasteiger partial charge in [-0.3, -0.25) is 0 Å². The lowest BCUT2D eigenvalue weighted by Crippen LogP contribution is -1.92. The van der Waals surface area contributed by atoms with E-state index in [1.807, 2.05) is 26.2 Å². The zero-order chi connectivity index (χ0) is 9.59. The highest BCUT2D eigenvalue weighted by Crippen LogP contribution is 2.30. The minimum Gasteiger partial charge on any atom is -0.206 e. The molecule has 1 aromatic carbocycles. The van der Waals surface area contributed by atoms with Crippen molar-refractivity contribution in [1.82, 2.24) is 0 Å². The van der Waals surface area contributed by atoms with Crippen molar-refractivity contribution >= 4 is 22.1 Å². The molecule has 0 bridgehead atoms. The molecule has 13 heavy (non-hydrogen) atoms. The molecule has 0 N–H and O–H groups in total. The quantitative estimate of drug-likeness (QED) is 0.595. The van der Waals surface area contributed by atoms with Gasteiger partial charge in [0, 0.05) is 0 Å². The van der Waals surface area contributed by atoms with Crippen LogP contribution in [0.1, 0.15) is 16.7 Å². The molecule has 0 unspecified atom stereocenters. The van der Waals surface area contributed by atoms with Crippen molar-refractivity contribution in [2.75, 3.05) is 0 Å². The first kappa shape index (κ1) is 8.70. The van der Waals surface area contributed by atoms with Crippen LogP contribution in [0, 0.1) is 26.6 Å². The Morgan fingerprint density at radius 2 is 1.46 bits per heavy atom. The van der Waals surface area contributed by atoms with E-state index in [0.29, 0.717) is 0 Å². The average Bonchev–Trinajstić information content (AvgIpc) is 2.59. The Hall–Kier alpha value is -0.890. The van der Waals surface area contributed by atoms with E-state index in [1.165, 1.54) is 5.39 Å². The Morgan fingerprint density at radius 3 is 2.08 bits per heavy atom. The second kappa shape index (κ2) is 2.81. The maximum absolute atomic E-state index is 13.6. The summed E-state index contributed by atoms with van der Waals surface area (Å²) in [4.78, 5) is 0.